The van der Waals surface area contributed by atoms with Crippen LogP contribution in [0.1, 0.15) is 36.7 Å². The number of nitrogens with zero attached hydrogens (tertiary/aromatic N) is 1. The van der Waals surface area contributed by atoms with E-state index in [9.17, 15) is 0 Å². The number of benzene rings is 1. The van der Waals surface area contributed by atoms with Crippen LogP contribution < -0.4 is 5.32 Å². The topological polar surface area (TPSA) is 24.9 Å². The number of hydrogen-bond acceptors (Lipinski definition) is 2. The van der Waals surface area contributed by atoms with E-state index in [4.69, 9.17) is 23.2 Å². The highest BCUT2D eigenvalue weighted by Crippen LogP contribution is 2.29. The highest BCUT2D eigenvalue weighted by molar-refractivity contribution is 6.36. The van der Waals surface area contributed by atoms with Gasteiger partial charge in [-0.2, -0.15) is 0 Å². The highest BCUT2D eigenvalue weighted by Gasteiger charge is 2.18. The molecule has 0 spiro atoms. The first-order valence-electron chi connectivity index (χ1n) is 7.27. The van der Waals surface area contributed by atoms with Crippen molar-refractivity contribution >= 4 is 23.2 Å². The molecule has 0 saturated carbocycles. The molecule has 21 heavy (non-hydrogen) atoms. The Kier molecular flexibility index (Phi) is 6.04. The summed E-state index contributed by atoms with van der Waals surface area (Å²) in [6, 6.07) is 9.85. The van der Waals surface area contributed by atoms with Crippen LogP contribution in [0.3, 0.4) is 0 Å². The molecule has 2 rings (SSSR count). The van der Waals surface area contributed by atoms with Crippen LogP contribution in [0.25, 0.3) is 0 Å². The molecule has 1 aromatic carbocycles. The van der Waals surface area contributed by atoms with Crippen LogP contribution in [0, 0.1) is 0 Å². The van der Waals surface area contributed by atoms with Crippen LogP contribution in [0.15, 0.2) is 36.5 Å². The molecule has 0 radical (unpaired) electrons. The summed E-state index contributed by atoms with van der Waals surface area (Å²) in [6.45, 7) is 5.11. The summed E-state index contributed by atoms with van der Waals surface area (Å²) >= 11 is 12.6. The second-order valence-corrected chi connectivity index (χ2v) is 5.73. The molecule has 1 unspecified atom stereocenters. The van der Waals surface area contributed by atoms with Crippen LogP contribution in [-0.4, -0.2) is 11.5 Å². The Morgan fingerprint density at radius 3 is 2.43 bits per heavy atom. The van der Waals surface area contributed by atoms with Gasteiger partial charge in [-0.1, -0.05) is 49.2 Å². The molecule has 112 valence electrons. The fourth-order valence-corrected chi connectivity index (χ4v) is 3.06. The molecule has 0 aliphatic carbocycles. The normalized spacial score (nSPS) is 12.4. The van der Waals surface area contributed by atoms with Gasteiger partial charge in [0.05, 0.1) is 11.7 Å². The van der Waals surface area contributed by atoms with Gasteiger partial charge >= 0.3 is 0 Å². The quantitative estimate of drug-likeness (QED) is 0.822. The summed E-state index contributed by atoms with van der Waals surface area (Å²) in [5.74, 6) is 0. The maximum absolute atomic E-state index is 6.30. The molecule has 1 heterocycles. The number of likely N-dealkylation sites (N-methyl/N-ethyl adjacent to an activating group) is 1. The zero-order chi connectivity index (χ0) is 15.2. The van der Waals surface area contributed by atoms with Gasteiger partial charge < -0.3 is 5.32 Å². The monoisotopic (exact) mass is 322 g/mol. The van der Waals surface area contributed by atoms with Crippen molar-refractivity contribution in [2.24, 2.45) is 0 Å². The summed E-state index contributed by atoms with van der Waals surface area (Å²) in [7, 11) is 0. The van der Waals surface area contributed by atoms with Crippen molar-refractivity contribution in [2.45, 2.75) is 32.7 Å². The largest absolute Gasteiger partial charge is 0.309 e. The Morgan fingerprint density at radius 1 is 1.10 bits per heavy atom. The van der Waals surface area contributed by atoms with E-state index >= 15 is 0 Å². The predicted octanol–water partition coefficient (Wildman–Crippen LogP) is 4.84. The average molecular weight is 323 g/mol. The molecule has 1 aromatic heterocycles. The summed E-state index contributed by atoms with van der Waals surface area (Å²) in [5.41, 5.74) is 3.31. The molecule has 1 atom stereocenters. The molecular weight excluding hydrogens is 303 g/mol. The van der Waals surface area contributed by atoms with E-state index < -0.39 is 0 Å². The van der Waals surface area contributed by atoms with Gasteiger partial charge in [0.15, 0.2) is 0 Å². The summed E-state index contributed by atoms with van der Waals surface area (Å²) in [6.07, 6.45) is 3.53. The third-order valence-corrected chi connectivity index (χ3v) is 4.27. The molecule has 0 fully saturated rings. The van der Waals surface area contributed by atoms with Gasteiger partial charge in [-0.15, -0.1) is 0 Å². The number of hydrogen-bond donors (Lipinski definition) is 1. The first-order valence-corrected chi connectivity index (χ1v) is 8.03. The van der Waals surface area contributed by atoms with Crippen molar-refractivity contribution < 1.29 is 0 Å². The van der Waals surface area contributed by atoms with E-state index in [1.807, 2.05) is 30.5 Å². The van der Waals surface area contributed by atoms with Crippen molar-refractivity contribution in [3.63, 3.8) is 0 Å². The second-order valence-electron chi connectivity index (χ2n) is 4.92. The van der Waals surface area contributed by atoms with Crippen LogP contribution in [0.5, 0.6) is 0 Å². The maximum Gasteiger partial charge on any atom is 0.0608 e. The number of halogens is 2. The van der Waals surface area contributed by atoms with Crippen molar-refractivity contribution in [3.05, 3.63) is 63.4 Å². The molecule has 2 nitrogen and oxygen atoms in total. The Balaban J connectivity index is 2.35. The zero-order valence-electron chi connectivity index (χ0n) is 12.4. The van der Waals surface area contributed by atoms with Crippen LogP contribution in [-0.2, 0) is 12.8 Å². The lowest BCUT2D eigenvalue weighted by Crippen LogP contribution is -2.25. The van der Waals surface area contributed by atoms with E-state index in [-0.39, 0.29) is 6.04 Å². The predicted molar refractivity (Wildman–Crippen MR) is 90.2 cm³/mol. The van der Waals surface area contributed by atoms with Crippen LogP contribution >= 0.6 is 23.2 Å². The number of nitrogens with one attached hydrogen (secondary N) is 1. The van der Waals surface area contributed by atoms with Crippen molar-refractivity contribution in [1.82, 2.24) is 10.3 Å². The van der Waals surface area contributed by atoms with Gasteiger partial charge in [0.2, 0.25) is 0 Å². The van der Waals surface area contributed by atoms with E-state index in [1.165, 1.54) is 5.56 Å². The summed E-state index contributed by atoms with van der Waals surface area (Å²) < 4.78 is 0. The minimum atomic E-state index is 0.114. The Hall–Kier alpha value is -1.09. The average Bonchev–Trinajstić information content (AvgIpc) is 2.50. The van der Waals surface area contributed by atoms with Crippen LogP contribution in [0.2, 0.25) is 10.0 Å². The fraction of sp³-hybridized carbons (Fsp3) is 0.353. The molecule has 1 N–H and O–H groups in total. The molecule has 0 amide bonds. The van der Waals surface area contributed by atoms with E-state index in [0.717, 1.165) is 30.6 Å². The van der Waals surface area contributed by atoms with Gasteiger partial charge in [0, 0.05) is 16.2 Å². The smallest absolute Gasteiger partial charge is 0.0608 e. The van der Waals surface area contributed by atoms with Gasteiger partial charge in [0.25, 0.3) is 0 Å². The zero-order valence-corrected chi connectivity index (χ0v) is 13.9. The third-order valence-electron chi connectivity index (χ3n) is 3.56. The molecule has 0 aliphatic rings. The Bertz CT molecular complexity index is 579. The van der Waals surface area contributed by atoms with Crippen molar-refractivity contribution in [3.8, 4) is 0 Å². The van der Waals surface area contributed by atoms with E-state index in [1.54, 1.807) is 0 Å². The number of pyridine rings is 1. The van der Waals surface area contributed by atoms with Gasteiger partial charge in [0.1, 0.15) is 0 Å². The van der Waals surface area contributed by atoms with E-state index in [2.05, 4.69) is 30.2 Å². The molecule has 4 heteroatoms. The van der Waals surface area contributed by atoms with Crippen molar-refractivity contribution in [2.75, 3.05) is 6.54 Å². The van der Waals surface area contributed by atoms with Gasteiger partial charge in [-0.25, -0.2) is 0 Å². The first-order chi connectivity index (χ1) is 10.2. The Labute approximate surface area is 136 Å². The highest BCUT2D eigenvalue weighted by atomic mass is 35.5. The standard InChI is InChI=1S/C17H20Cl2N2/c1-3-12-7-6-10-21-17(12)16(20-4-2)11-13-14(18)8-5-9-15(13)19/h5-10,16,20H,3-4,11H2,1-2H3. The van der Waals surface area contributed by atoms with Crippen molar-refractivity contribution in [1.29, 1.82) is 0 Å². The minimum Gasteiger partial charge on any atom is -0.309 e. The SMILES string of the molecule is CCNC(Cc1c(Cl)cccc1Cl)c1ncccc1CC. The number of rotatable bonds is 6. The Morgan fingerprint density at radius 2 is 1.81 bits per heavy atom. The third kappa shape index (κ3) is 3.97. The lowest BCUT2D eigenvalue weighted by molar-refractivity contribution is 0.532. The minimum absolute atomic E-state index is 0.114. The van der Waals surface area contributed by atoms with Gasteiger partial charge in [-0.05, 0) is 48.7 Å². The summed E-state index contributed by atoms with van der Waals surface area (Å²) in [5, 5.41) is 4.91. The molecule has 0 aliphatic heterocycles. The first kappa shape index (κ1) is 16.3. The number of aromatic nitrogens is 1. The maximum atomic E-state index is 6.30. The lowest BCUT2D eigenvalue weighted by atomic mass is 9.98. The molecule has 2 aromatic rings. The molecular formula is C17H20Cl2N2. The molecule has 0 bridgehead atoms. The van der Waals surface area contributed by atoms with E-state index in [0.29, 0.717) is 10.0 Å². The molecule has 0 saturated heterocycles. The lowest BCUT2D eigenvalue weighted by Gasteiger charge is -2.21. The van der Waals surface area contributed by atoms with Crippen LogP contribution in [0.4, 0.5) is 0 Å². The fourth-order valence-electron chi connectivity index (χ4n) is 2.51. The second kappa shape index (κ2) is 7.79. The van der Waals surface area contributed by atoms with Gasteiger partial charge in [-0.3, -0.25) is 4.98 Å². The summed E-state index contributed by atoms with van der Waals surface area (Å²) in [4.78, 5) is 4.58. The number of aryl methyl sites for hydroxylation is 1.